The lowest BCUT2D eigenvalue weighted by Crippen LogP contribution is -2.28. The predicted molar refractivity (Wildman–Crippen MR) is 53.4 cm³/mol. The molecule has 0 aromatic carbocycles. The molecule has 76 valence electrons. The molecule has 0 N–H and O–H groups in total. The van der Waals surface area contributed by atoms with E-state index in [1.807, 2.05) is 4.90 Å². The molecule has 1 aromatic rings. The molecule has 2 heterocycles. The summed E-state index contributed by atoms with van der Waals surface area (Å²) in [6.45, 7) is 1.58. The Labute approximate surface area is 87.6 Å². The van der Waals surface area contributed by atoms with Gasteiger partial charge in [0.15, 0.2) is 0 Å². The Kier molecular flexibility index (Phi) is 2.77. The molecule has 0 saturated carbocycles. The Hall–Kier alpha value is -0.960. The Balaban J connectivity index is 2.00. The number of carbonyl (C=O) groups excluding carboxylic acids is 1. The summed E-state index contributed by atoms with van der Waals surface area (Å²) in [6, 6.07) is 1.69. The monoisotopic (exact) mass is 213 g/mol. The van der Waals surface area contributed by atoms with Gasteiger partial charge in [0.1, 0.15) is 6.26 Å². The number of halogens is 1. The van der Waals surface area contributed by atoms with Crippen molar-refractivity contribution in [3.8, 4) is 0 Å². The average Bonchev–Trinajstić information content (AvgIpc) is 2.88. The van der Waals surface area contributed by atoms with E-state index < -0.39 is 0 Å². The summed E-state index contributed by atoms with van der Waals surface area (Å²) in [5, 5.41) is 0. The highest BCUT2D eigenvalue weighted by Crippen LogP contribution is 2.19. The van der Waals surface area contributed by atoms with Gasteiger partial charge in [-0.15, -0.1) is 11.6 Å². The summed E-state index contributed by atoms with van der Waals surface area (Å²) in [4.78, 5) is 13.6. The van der Waals surface area contributed by atoms with Gasteiger partial charge in [-0.25, -0.2) is 0 Å². The smallest absolute Gasteiger partial charge is 0.257 e. The van der Waals surface area contributed by atoms with Crippen LogP contribution in [0.3, 0.4) is 0 Å². The second-order valence-electron chi connectivity index (χ2n) is 3.57. The summed E-state index contributed by atoms with van der Waals surface area (Å²) < 4.78 is 4.87. The zero-order valence-corrected chi connectivity index (χ0v) is 8.54. The van der Waals surface area contributed by atoms with Gasteiger partial charge in [0.05, 0.1) is 11.8 Å². The van der Waals surface area contributed by atoms with Crippen molar-refractivity contribution in [1.82, 2.24) is 4.90 Å². The van der Waals surface area contributed by atoms with Gasteiger partial charge >= 0.3 is 0 Å². The minimum absolute atomic E-state index is 0.0476. The first kappa shape index (κ1) is 9.59. The maximum absolute atomic E-state index is 11.8. The topological polar surface area (TPSA) is 33.5 Å². The summed E-state index contributed by atoms with van der Waals surface area (Å²) in [5.74, 6) is 1.13. The van der Waals surface area contributed by atoms with Gasteiger partial charge in [-0.05, 0) is 18.4 Å². The summed E-state index contributed by atoms with van der Waals surface area (Å²) in [6.07, 6.45) is 4.01. The van der Waals surface area contributed by atoms with Crippen molar-refractivity contribution < 1.29 is 9.21 Å². The van der Waals surface area contributed by atoms with Crippen LogP contribution in [0.5, 0.6) is 0 Å². The molecule has 1 aliphatic heterocycles. The molecule has 0 bridgehead atoms. The van der Waals surface area contributed by atoms with Crippen molar-refractivity contribution >= 4 is 17.5 Å². The molecule has 1 aliphatic rings. The first-order chi connectivity index (χ1) is 6.81. The number of carbonyl (C=O) groups is 1. The molecule has 14 heavy (non-hydrogen) atoms. The first-order valence-electron chi connectivity index (χ1n) is 4.68. The van der Waals surface area contributed by atoms with E-state index in [2.05, 4.69) is 0 Å². The quantitative estimate of drug-likeness (QED) is 0.704. The van der Waals surface area contributed by atoms with Crippen LogP contribution in [0.2, 0.25) is 0 Å². The van der Waals surface area contributed by atoms with Crippen molar-refractivity contribution in [2.24, 2.45) is 5.92 Å². The second kappa shape index (κ2) is 4.05. The number of likely N-dealkylation sites (tertiary alicyclic amines) is 1. The van der Waals surface area contributed by atoms with Crippen molar-refractivity contribution in [2.45, 2.75) is 6.42 Å². The van der Waals surface area contributed by atoms with E-state index in [0.717, 1.165) is 19.5 Å². The zero-order valence-electron chi connectivity index (χ0n) is 7.78. The van der Waals surface area contributed by atoms with Gasteiger partial charge in [-0.2, -0.15) is 0 Å². The number of rotatable bonds is 2. The molecule has 1 saturated heterocycles. The van der Waals surface area contributed by atoms with E-state index in [1.54, 1.807) is 6.07 Å². The fraction of sp³-hybridized carbons (Fsp3) is 0.500. The van der Waals surface area contributed by atoms with E-state index in [4.69, 9.17) is 16.0 Å². The van der Waals surface area contributed by atoms with Crippen molar-refractivity contribution in [2.75, 3.05) is 19.0 Å². The molecule has 3 nitrogen and oxygen atoms in total. The van der Waals surface area contributed by atoms with Crippen molar-refractivity contribution in [1.29, 1.82) is 0 Å². The highest BCUT2D eigenvalue weighted by atomic mass is 35.5. The number of amides is 1. The minimum Gasteiger partial charge on any atom is -0.472 e. The Bertz CT molecular complexity index is 310. The van der Waals surface area contributed by atoms with Crippen LogP contribution in [0.4, 0.5) is 0 Å². The van der Waals surface area contributed by atoms with E-state index in [9.17, 15) is 4.79 Å². The van der Waals surface area contributed by atoms with E-state index in [1.165, 1.54) is 12.5 Å². The summed E-state index contributed by atoms with van der Waals surface area (Å²) in [7, 11) is 0. The van der Waals surface area contributed by atoms with Crippen LogP contribution in [0.1, 0.15) is 16.8 Å². The van der Waals surface area contributed by atoms with Crippen LogP contribution in [0, 0.1) is 5.92 Å². The molecule has 1 unspecified atom stereocenters. The third kappa shape index (κ3) is 1.77. The van der Waals surface area contributed by atoms with Gasteiger partial charge in [-0.3, -0.25) is 4.79 Å². The molecular weight excluding hydrogens is 202 g/mol. The van der Waals surface area contributed by atoms with Gasteiger partial charge < -0.3 is 9.32 Å². The lowest BCUT2D eigenvalue weighted by Gasteiger charge is -2.14. The molecule has 0 spiro atoms. The normalized spacial score (nSPS) is 21.5. The van der Waals surface area contributed by atoms with E-state index in [0.29, 0.717) is 17.4 Å². The molecule has 0 radical (unpaired) electrons. The minimum atomic E-state index is 0.0476. The van der Waals surface area contributed by atoms with Crippen molar-refractivity contribution in [3.63, 3.8) is 0 Å². The molecule has 1 amide bonds. The molecular formula is C10H12ClNO2. The predicted octanol–water partition coefficient (Wildman–Crippen LogP) is 1.98. The number of hydrogen-bond donors (Lipinski definition) is 0. The zero-order chi connectivity index (χ0) is 9.97. The summed E-state index contributed by atoms with van der Waals surface area (Å²) >= 11 is 5.75. The molecule has 2 rings (SSSR count). The first-order valence-corrected chi connectivity index (χ1v) is 5.22. The summed E-state index contributed by atoms with van der Waals surface area (Å²) in [5.41, 5.74) is 0.625. The van der Waals surface area contributed by atoms with Crippen LogP contribution in [-0.4, -0.2) is 29.8 Å². The molecule has 1 atom stereocenters. The van der Waals surface area contributed by atoms with Gasteiger partial charge in [-0.1, -0.05) is 0 Å². The SMILES string of the molecule is O=C(c1ccoc1)N1CCC(CCl)C1. The molecule has 1 aromatic heterocycles. The van der Waals surface area contributed by atoms with E-state index in [-0.39, 0.29) is 5.91 Å². The molecule has 0 aliphatic carbocycles. The maximum Gasteiger partial charge on any atom is 0.257 e. The van der Waals surface area contributed by atoms with Crippen LogP contribution in [-0.2, 0) is 0 Å². The second-order valence-corrected chi connectivity index (χ2v) is 3.88. The third-order valence-corrected chi connectivity index (χ3v) is 3.00. The van der Waals surface area contributed by atoms with Crippen LogP contribution >= 0.6 is 11.6 Å². The average molecular weight is 214 g/mol. The molecule has 4 heteroatoms. The standard InChI is InChI=1S/C10H12ClNO2/c11-5-8-1-3-12(6-8)10(13)9-2-4-14-7-9/h2,4,7-8H,1,3,5-6H2. The highest BCUT2D eigenvalue weighted by molar-refractivity contribution is 6.18. The maximum atomic E-state index is 11.8. The number of furan rings is 1. The third-order valence-electron chi connectivity index (χ3n) is 2.56. The van der Waals surface area contributed by atoms with Crippen LogP contribution in [0.25, 0.3) is 0 Å². The lowest BCUT2D eigenvalue weighted by atomic mass is 10.2. The van der Waals surface area contributed by atoms with Gasteiger partial charge in [0.2, 0.25) is 0 Å². The van der Waals surface area contributed by atoms with E-state index >= 15 is 0 Å². The fourth-order valence-electron chi connectivity index (χ4n) is 1.71. The van der Waals surface area contributed by atoms with Crippen LogP contribution in [0.15, 0.2) is 23.0 Å². The Morgan fingerprint density at radius 3 is 3.14 bits per heavy atom. The van der Waals surface area contributed by atoms with Gasteiger partial charge in [0, 0.05) is 19.0 Å². The highest BCUT2D eigenvalue weighted by Gasteiger charge is 2.26. The molecule has 1 fully saturated rings. The number of alkyl halides is 1. The van der Waals surface area contributed by atoms with Crippen molar-refractivity contribution in [3.05, 3.63) is 24.2 Å². The fourth-order valence-corrected chi connectivity index (χ4v) is 1.96. The largest absolute Gasteiger partial charge is 0.472 e. The Morgan fingerprint density at radius 1 is 1.71 bits per heavy atom. The number of nitrogens with zero attached hydrogens (tertiary/aromatic N) is 1. The van der Waals surface area contributed by atoms with Gasteiger partial charge in [0.25, 0.3) is 5.91 Å². The Morgan fingerprint density at radius 2 is 2.57 bits per heavy atom. The van der Waals surface area contributed by atoms with Crippen LogP contribution < -0.4 is 0 Å². The number of hydrogen-bond acceptors (Lipinski definition) is 2. The lowest BCUT2D eigenvalue weighted by molar-refractivity contribution is 0.0787.